The lowest BCUT2D eigenvalue weighted by atomic mass is 9.91. The second-order valence-corrected chi connectivity index (χ2v) is 11.8. The van der Waals surface area contributed by atoms with Gasteiger partial charge in [-0.2, -0.15) is 0 Å². The Morgan fingerprint density at radius 1 is 1.00 bits per heavy atom. The highest BCUT2D eigenvalue weighted by Crippen LogP contribution is 2.45. The quantitative estimate of drug-likeness (QED) is 0.313. The molecule has 0 bridgehead atoms. The number of halogens is 1. The number of piperidine rings is 1. The Balaban J connectivity index is 1.43. The van der Waals surface area contributed by atoms with Crippen molar-refractivity contribution in [3.63, 3.8) is 0 Å². The first-order valence-electron chi connectivity index (χ1n) is 13.4. The smallest absolute Gasteiger partial charge is 0.174 e. The van der Waals surface area contributed by atoms with Crippen LogP contribution in [0.3, 0.4) is 0 Å². The molecule has 4 atom stereocenters. The van der Waals surface area contributed by atoms with Crippen LogP contribution in [0.25, 0.3) is 0 Å². The molecule has 0 unspecified atom stereocenters. The first-order valence-corrected chi connectivity index (χ1v) is 14.2. The van der Waals surface area contributed by atoms with E-state index in [-0.39, 0.29) is 12.1 Å². The molecule has 10 heteroatoms. The van der Waals surface area contributed by atoms with E-state index in [1.165, 1.54) is 6.42 Å². The summed E-state index contributed by atoms with van der Waals surface area (Å²) in [6, 6.07) is 14.3. The van der Waals surface area contributed by atoms with E-state index in [1.807, 2.05) is 29.1 Å². The van der Waals surface area contributed by atoms with Crippen molar-refractivity contribution in [2.24, 2.45) is 11.8 Å². The highest BCUT2D eigenvalue weighted by Gasteiger charge is 2.42. The zero-order chi connectivity index (χ0) is 27.3. The van der Waals surface area contributed by atoms with Crippen molar-refractivity contribution in [1.82, 2.24) is 29.9 Å². The molecular weight excluding hydrogens is 528 g/mol. The summed E-state index contributed by atoms with van der Waals surface area (Å²) in [4.78, 5) is 9.31. The van der Waals surface area contributed by atoms with Crippen molar-refractivity contribution in [3.05, 3.63) is 89.0 Å². The summed E-state index contributed by atoms with van der Waals surface area (Å²) in [6.07, 6.45) is 6.49. The van der Waals surface area contributed by atoms with Crippen LogP contribution in [0.2, 0.25) is 5.02 Å². The lowest BCUT2D eigenvalue weighted by Crippen LogP contribution is -2.38. The zero-order valence-corrected chi connectivity index (χ0v) is 24.2. The lowest BCUT2D eigenvalue weighted by Gasteiger charge is -2.37. The molecule has 4 aromatic rings. The van der Waals surface area contributed by atoms with Gasteiger partial charge in [0.25, 0.3) is 0 Å². The van der Waals surface area contributed by atoms with E-state index in [4.69, 9.17) is 28.8 Å². The molecule has 2 aliphatic heterocycles. The van der Waals surface area contributed by atoms with E-state index in [0.29, 0.717) is 16.9 Å². The fourth-order valence-corrected chi connectivity index (χ4v) is 7.08. The molecule has 2 fully saturated rings. The van der Waals surface area contributed by atoms with Crippen LogP contribution in [0.1, 0.15) is 55.0 Å². The summed E-state index contributed by atoms with van der Waals surface area (Å²) in [6.45, 7) is 10.9. The van der Waals surface area contributed by atoms with Crippen LogP contribution in [-0.4, -0.2) is 42.7 Å². The average molecular weight is 561 g/mol. The van der Waals surface area contributed by atoms with Crippen molar-refractivity contribution < 1.29 is 0 Å². The number of pyridine rings is 1. The van der Waals surface area contributed by atoms with Crippen LogP contribution in [0.5, 0.6) is 0 Å². The van der Waals surface area contributed by atoms with Gasteiger partial charge in [-0.05, 0) is 80.7 Å². The topological polar surface area (TPSA) is 67.0 Å². The van der Waals surface area contributed by atoms with E-state index < -0.39 is 0 Å². The fraction of sp³-hybridized carbons (Fsp3) is 0.379. The Morgan fingerprint density at radius 3 is 2.41 bits per heavy atom. The minimum atomic E-state index is -0.143. The minimum Gasteiger partial charge on any atom is -0.370 e. The van der Waals surface area contributed by atoms with Gasteiger partial charge in [-0.3, -0.25) is 9.66 Å². The number of nitrogens with zero attached hydrogens (tertiary/aromatic N) is 7. The third-order valence-electron chi connectivity index (χ3n) is 7.91. The predicted octanol–water partition coefficient (Wildman–Crippen LogP) is 5.72. The van der Waals surface area contributed by atoms with Crippen molar-refractivity contribution in [2.45, 2.75) is 46.2 Å². The molecule has 0 amide bonds. The number of aryl methyl sites for hydroxylation is 1. The summed E-state index contributed by atoms with van der Waals surface area (Å²) in [7, 11) is 0. The number of aromatic nitrogens is 5. The number of rotatable bonds is 5. The van der Waals surface area contributed by atoms with Crippen LogP contribution in [-0.2, 0) is 0 Å². The molecule has 0 radical (unpaired) electrons. The summed E-state index contributed by atoms with van der Waals surface area (Å²) in [5.74, 6) is 1.29. The molecule has 0 aliphatic carbocycles. The predicted molar refractivity (Wildman–Crippen MR) is 159 cm³/mol. The van der Waals surface area contributed by atoms with E-state index >= 15 is 0 Å². The highest BCUT2D eigenvalue weighted by atomic mass is 35.5. The van der Waals surface area contributed by atoms with Gasteiger partial charge in [0.15, 0.2) is 5.11 Å². The molecule has 1 aromatic carbocycles. The van der Waals surface area contributed by atoms with Crippen LogP contribution in [0.15, 0.2) is 61.3 Å². The second kappa shape index (κ2) is 10.3. The molecule has 0 saturated carbocycles. The van der Waals surface area contributed by atoms with Gasteiger partial charge in [-0.15, -0.1) is 10.2 Å². The van der Waals surface area contributed by atoms with Crippen LogP contribution in [0.4, 0.5) is 11.4 Å². The molecule has 5 heterocycles. The van der Waals surface area contributed by atoms with Crippen molar-refractivity contribution in [3.8, 4) is 0 Å². The van der Waals surface area contributed by atoms with E-state index in [1.54, 1.807) is 12.7 Å². The van der Waals surface area contributed by atoms with Crippen molar-refractivity contribution in [2.75, 3.05) is 22.9 Å². The summed E-state index contributed by atoms with van der Waals surface area (Å²) >= 11 is 13.0. The van der Waals surface area contributed by atoms with E-state index in [2.05, 4.69) is 82.0 Å². The molecule has 202 valence electrons. The van der Waals surface area contributed by atoms with E-state index in [9.17, 15) is 0 Å². The number of hydrogen-bond acceptors (Lipinski definition) is 5. The Morgan fingerprint density at radius 2 is 1.74 bits per heavy atom. The van der Waals surface area contributed by atoms with Gasteiger partial charge < -0.3 is 15.1 Å². The van der Waals surface area contributed by atoms with Gasteiger partial charge in [0.1, 0.15) is 12.7 Å². The maximum absolute atomic E-state index is 6.99. The van der Waals surface area contributed by atoms with Gasteiger partial charge in [-0.25, -0.2) is 4.68 Å². The molecule has 2 aliphatic rings. The van der Waals surface area contributed by atoms with Gasteiger partial charge in [0, 0.05) is 41.9 Å². The molecule has 0 spiro atoms. The normalized spacial score (nSPS) is 23.4. The maximum atomic E-state index is 6.99. The van der Waals surface area contributed by atoms with Crippen molar-refractivity contribution in [1.29, 1.82) is 0 Å². The monoisotopic (exact) mass is 560 g/mol. The first-order chi connectivity index (χ1) is 18.8. The molecular formula is C29H33ClN8S. The Hall–Kier alpha value is -3.43. The number of nitrogens with one attached hydrogen (secondary N) is 1. The van der Waals surface area contributed by atoms with Crippen molar-refractivity contribution >= 4 is 40.3 Å². The number of benzene rings is 1. The van der Waals surface area contributed by atoms with Gasteiger partial charge in [0.05, 0.1) is 28.5 Å². The molecule has 39 heavy (non-hydrogen) atoms. The third kappa shape index (κ3) is 4.67. The lowest BCUT2D eigenvalue weighted by molar-refractivity contribution is 0.357. The summed E-state index contributed by atoms with van der Waals surface area (Å²) < 4.78 is 4.00. The largest absolute Gasteiger partial charge is 0.370 e. The minimum absolute atomic E-state index is 0.138. The molecule has 3 aromatic heterocycles. The highest BCUT2D eigenvalue weighted by molar-refractivity contribution is 7.80. The maximum Gasteiger partial charge on any atom is 0.174 e. The van der Waals surface area contributed by atoms with Crippen LogP contribution < -0.4 is 15.1 Å². The average Bonchev–Trinajstić information content (AvgIpc) is 3.61. The fourth-order valence-electron chi connectivity index (χ4n) is 6.44. The number of hydrogen-bond donors (Lipinski definition) is 1. The molecule has 8 nitrogen and oxygen atoms in total. The zero-order valence-electron chi connectivity index (χ0n) is 22.6. The standard InChI is InChI=1S/C29H33ClN8S/c1-18-11-19(2)15-35(14-18)26-9-8-22(13-24(26)30)37-28(27(34-29(37)39)25-7-5-6-10-31-25)23-12-20(3)38(21(23)4)36-16-32-33-17-36/h5-10,12-13,16-19,27-28H,11,14-15H2,1-4H3,(H,34,39)/t18-,19+,27-,28+/m1/s1. The third-order valence-corrected chi connectivity index (χ3v) is 8.52. The Labute approximate surface area is 239 Å². The molecule has 6 rings (SSSR count). The van der Waals surface area contributed by atoms with Gasteiger partial charge in [0.2, 0.25) is 0 Å². The van der Waals surface area contributed by atoms with E-state index in [0.717, 1.165) is 52.1 Å². The second-order valence-electron chi connectivity index (χ2n) is 11.0. The summed E-state index contributed by atoms with van der Waals surface area (Å²) in [5, 5.41) is 13.0. The molecule has 1 N–H and O–H groups in total. The molecule has 2 saturated heterocycles. The Bertz CT molecular complexity index is 1470. The van der Waals surface area contributed by atoms with Crippen LogP contribution >= 0.6 is 23.8 Å². The van der Waals surface area contributed by atoms with Gasteiger partial charge in [-0.1, -0.05) is 31.5 Å². The number of anilines is 2. The Kier molecular flexibility index (Phi) is 6.81. The SMILES string of the molecule is Cc1cc([C@H]2[C@@H](c3ccccn3)NC(=S)N2c2ccc(N3C[C@H](C)C[C@H](C)C3)c(Cl)c2)c(C)n1-n1cnnc1. The summed E-state index contributed by atoms with van der Waals surface area (Å²) in [5.41, 5.74) is 6.26. The van der Waals surface area contributed by atoms with Crippen LogP contribution in [0, 0.1) is 25.7 Å². The number of thiocarbonyl (C=S) groups is 1. The first kappa shape index (κ1) is 25.8. The van der Waals surface area contributed by atoms with Gasteiger partial charge >= 0.3 is 0 Å².